The van der Waals surface area contributed by atoms with Crippen LogP contribution in [0.1, 0.15) is 5.56 Å². The van der Waals surface area contributed by atoms with Crippen molar-refractivity contribution in [2.45, 2.75) is 6.42 Å². The molecule has 0 aliphatic carbocycles. The lowest BCUT2D eigenvalue weighted by Gasteiger charge is -2.33. The van der Waals surface area contributed by atoms with Crippen LogP contribution in [0.15, 0.2) is 36.5 Å². The van der Waals surface area contributed by atoms with E-state index < -0.39 is 0 Å². The Morgan fingerprint density at radius 3 is 2.70 bits per heavy atom. The second-order valence-electron chi connectivity index (χ2n) is 5.80. The molecule has 1 saturated heterocycles. The lowest BCUT2D eigenvalue weighted by atomic mass is 10.1. The normalized spacial score (nSPS) is 15.7. The van der Waals surface area contributed by atoms with Crippen molar-refractivity contribution in [3.63, 3.8) is 0 Å². The fourth-order valence-electron chi connectivity index (χ4n) is 2.66. The van der Waals surface area contributed by atoms with Crippen molar-refractivity contribution in [2.24, 2.45) is 0 Å². The second kappa shape index (κ2) is 7.37. The van der Waals surface area contributed by atoms with Gasteiger partial charge in [-0.3, -0.25) is 0 Å². The Hall–Kier alpha value is -2.21. The highest BCUT2D eigenvalue weighted by atomic mass is 19.1. The van der Waals surface area contributed by atoms with Crippen LogP contribution in [0.25, 0.3) is 0 Å². The molecule has 0 bridgehead atoms. The molecule has 0 unspecified atom stereocenters. The minimum Gasteiger partial charge on any atom is -0.354 e. The van der Waals surface area contributed by atoms with Crippen LogP contribution in [-0.4, -0.2) is 54.6 Å². The number of nitrogens with zero attached hydrogens (tertiary/aromatic N) is 4. The molecule has 3 rings (SSSR count). The van der Waals surface area contributed by atoms with Crippen molar-refractivity contribution in [3.8, 4) is 0 Å². The zero-order chi connectivity index (χ0) is 16.1. The van der Waals surface area contributed by atoms with Crippen molar-refractivity contribution in [2.75, 3.05) is 50.0 Å². The van der Waals surface area contributed by atoms with E-state index in [9.17, 15) is 4.39 Å². The highest BCUT2D eigenvalue weighted by Gasteiger charge is 2.15. The maximum Gasteiger partial charge on any atom is 0.224 e. The van der Waals surface area contributed by atoms with Gasteiger partial charge in [0, 0.05) is 38.9 Å². The monoisotopic (exact) mass is 315 g/mol. The van der Waals surface area contributed by atoms with Gasteiger partial charge in [-0.05, 0) is 31.2 Å². The van der Waals surface area contributed by atoms with Crippen molar-refractivity contribution in [1.29, 1.82) is 0 Å². The Kier molecular flexibility index (Phi) is 5.02. The molecule has 0 spiro atoms. The standard InChI is InChI=1S/C17H22FN5/c1-22-10-12-23(13-11-22)16-7-9-20-17(21-16)19-8-6-14-4-2-3-5-15(14)18/h2-5,7,9H,6,8,10-13H2,1H3,(H,19,20,21). The van der Waals surface area contributed by atoms with Crippen LogP contribution in [0.3, 0.4) is 0 Å². The van der Waals surface area contributed by atoms with Gasteiger partial charge in [0.15, 0.2) is 0 Å². The number of hydrogen-bond donors (Lipinski definition) is 1. The number of hydrogen-bond acceptors (Lipinski definition) is 5. The topological polar surface area (TPSA) is 44.3 Å². The Morgan fingerprint density at radius 2 is 1.91 bits per heavy atom. The summed E-state index contributed by atoms with van der Waals surface area (Å²) in [7, 11) is 2.13. The zero-order valence-corrected chi connectivity index (χ0v) is 13.4. The number of benzene rings is 1. The van der Waals surface area contributed by atoms with Gasteiger partial charge < -0.3 is 15.1 Å². The number of likely N-dealkylation sites (N-methyl/N-ethyl adjacent to an activating group) is 1. The van der Waals surface area contributed by atoms with Gasteiger partial charge >= 0.3 is 0 Å². The van der Waals surface area contributed by atoms with E-state index in [1.54, 1.807) is 18.3 Å². The molecule has 0 amide bonds. The third-order valence-electron chi connectivity index (χ3n) is 4.10. The molecule has 0 radical (unpaired) electrons. The van der Waals surface area contributed by atoms with Gasteiger partial charge in [0.25, 0.3) is 0 Å². The van der Waals surface area contributed by atoms with E-state index in [0.717, 1.165) is 32.0 Å². The van der Waals surface area contributed by atoms with Gasteiger partial charge in [0.2, 0.25) is 5.95 Å². The maximum absolute atomic E-state index is 13.6. The summed E-state index contributed by atoms with van der Waals surface area (Å²) in [6, 6.07) is 8.78. The Bertz CT molecular complexity index is 640. The van der Waals surface area contributed by atoms with Crippen molar-refractivity contribution in [1.82, 2.24) is 14.9 Å². The summed E-state index contributed by atoms with van der Waals surface area (Å²) in [6.45, 7) is 4.64. The summed E-state index contributed by atoms with van der Waals surface area (Å²) < 4.78 is 13.6. The number of anilines is 2. The molecule has 0 atom stereocenters. The van der Waals surface area contributed by atoms with E-state index in [1.165, 1.54) is 6.07 Å². The molecule has 1 aliphatic heterocycles. The summed E-state index contributed by atoms with van der Waals surface area (Å²) in [6.07, 6.45) is 2.38. The number of nitrogens with one attached hydrogen (secondary N) is 1. The highest BCUT2D eigenvalue weighted by Crippen LogP contribution is 2.14. The predicted octanol–water partition coefficient (Wildman–Crippen LogP) is 2.02. The van der Waals surface area contributed by atoms with Gasteiger partial charge in [-0.15, -0.1) is 0 Å². The lowest BCUT2D eigenvalue weighted by molar-refractivity contribution is 0.312. The van der Waals surface area contributed by atoms with E-state index in [1.807, 2.05) is 12.1 Å². The Morgan fingerprint density at radius 1 is 1.13 bits per heavy atom. The molecule has 1 aromatic carbocycles. The van der Waals surface area contributed by atoms with Crippen molar-refractivity contribution in [3.05, 3.63) is 47.9 Å². The first-order valence-electron chi connectivity index (χ1n) is 7.96. The molecule has 5 nitrogen and oxygen atoms in total. The van der Waals surface area contributed by atoms with E-state index >= 15 is 0 Å². The maximum atomic E-state index is 13.6. The van der Waals surface area contributed by atoms with Crippen molar-refractivity contribution < 1.29 is 4.39 Å². The first-order chi connectivity index (χ1) is 11.2. The van der Waals surface area contributed by atoms with Crippen LogP contribution in [-0.2, 0) is 6.42 Å². The number of rotatable bonds is 5. The first-order valence-corrected chi connectivity index (χ1v) is 7.96. The Labute approximate surface area is 136 Å². The molecule has 2 heterocycles. The molecule has 0 saturated carbocycles. The van der Waals surface area contributed by atoms with E-state index in [2.05, 4.69) is 32.1 Å². The smallest absolute Gasteiger partial charge is 0.224 e. The van der Waals surface area contributed by atoms with Gasteiger partial charge in [-0.1, -0.05) is 18.2 Å². The van der Waals surface area contributed by atoms with Crippen LogP contribution >= 0.6 is 0 Å². The molecular weight excluding hydrogens is 293 g/mol. The number of piperazine rings is 1. The van der Waals surface area contributed by atoms with Crippen LogP contribution in [0, 0.1) is 5.82 Å². The first kappa shape index (κ1) is 15.7. The van der Waals surface area contributed by atoms with Gasteiger partial charge in [-0.2, -0.15) is 4.98 Å². The van der Waals surface area contributed by atoms with E-state index in [0.29, 0.717) is 24.5 Å². The molecule has 23 heavy (non-hydrogen) atoms. The third kappa shape index (κ3) is 4.16. The third-order valence-corrected chi connectivity index (χ3v) is 4.10. The molecular formula is C17H22FN5. The SMILES string of the molecule is CN1CCN(c2ccnc(NCCc3ccccc3F)n2)CC1. The summed E-state index contributed by atoms with van der Waals surface area (Å²) in [5.74, 6) is 1.38. The predicted molar refractivity (Wildman–Crippen MR) is 90.3 cm³/mol. The largest absolute Gasteiger partial charge is 0.354 e. The van der Waals surface area contributed by atoms with Gasteiger partial charge in [0.05, 0.1) is 0 Å². The van der Waals surface area contributed by atoms with Crippen LogP contribution < -0.4 is 10.2 Å². The second-order valence-corrected chi connectivity index (χ2v) is 5.80. The fourth-order valence-corrected chi connectivity index (χ4v) is 2.66. The summed E-state index contributed by atoms with van der Waals surface area (Å²) in [4.78, 5) is 13.4. The highest BCUT2D eigenvalue weighted by molar-refractivity contribution is 5.43. The van der Waals surface area contributed by atoms with Crippen LogP contribution in [0.5, 0.6) is 0 Å². The summed E-state index contributed by atoms with van der Waals surface area (Å²) in [5, 5.41) is 3.18. The van der Waals surface area contributed by atoms with Crippen LogP contribution in [0.4, 0.5) is 16.2 Å². The molecule has 1 N–H and O–H groups in total. The average molecular weight is 315 g/mol. The quantitative estimate of drug-likeness (QED) is 0.914. The fraction of sp³-hybridized carbons (Fsp3) is 0.412. The van der Waals surface area contributed by atoms with Crippen LogP contribution in [0.2, 0.25) is 0 Å². The molecule has 1 aliphatic rings. The molecule has 1 fully saturated rings. The van der Waals surface area contributed by atoms with Gasteiger partial charge in [0.1, 0.15) is 11.6 Å². The molecule has 122 valence electrons. The Balaban J connectivity index is 1.56. The lowest BCUT2D eigenvalue weighted by Crippen LogP contribution is -2.44. The molecule has 6 heteroatoms. The summed E-state index contributed by atoms with van der Waals surface area (Å²) in [5.41, 5.74) is 0.704. The minimum atomic E-state index is -0.165. The van der Waals surface area contributed by atoms with Crippen molar-refractivity contribution >= 4 is 11.8 Å². The average Bonchev–Trinajstić information content (AvgIpc) is 2.58. The summed E-state index contributed by atoms with van der Waals surface area (Å²) >= 11 is 0. The zero-order valence-electron chi connectivity index (χ0n) is 13.4. The van der Waals surface area contributed by atoms with E-state index in [-0.39, 0.29) is 5.82 Å². The van der Waals surface area contributed by atoms with E-state index in [4.69, 9.17) is 0 Å². The molecule has 1 aromatic heterocycles. The minimum absolute atomic E-state index is 0.165. The number of halogens is 1. The van der Waals surface area contributed by atoms with Gasteiger partial charge in [-0.25, -0.2) is 9.37 Å². The molecule has 2 aromatic rings. The number of aromatic nitrogens is 2.